The number of esters is 3. The predicted molar refractivity (Wildman–Crippen MR) is 481 cm³/mol. The number of ether oxygens (including phenoxy) is 3. The van der Waals surface area contributed by atoms with Crippen LogP contribution < -0.4 is 0 Å². The van der Waals surface area contributed by atoms with Crippen molar-refractivity contribution in [2.24, 2.45) is 0 Å². The van der Waals surface area contributed by atoms with Crippen LogP contribution in [0.15, 0.2) is 207 Å². The van der Waals surface area contributed by atoms with E-state index in [-0.39, 0.29) is 19.3 Å². The molecule has 0 saturated heterocycles. The Morgan fingerprint density at radius 1 is 0.243 bits per heavy atom. The maximum atomic E-state index is 13.0. The van der Waals surface area contributed by atoms with Crippen LogP contribution in [0.4, 0.5) is 0 Å². The van der Waals surface area contributed by atoms with Crippen LogP contribution in [-0.2, 0) is 55.8 Å². The van der Waals surface area contributed by atoms with E-state index in [0.29, 0.717) is 19.3 Å². The van der Waals surface area contributed by atoms with Gasteiger partial charge in [-0.05, 0) is 167 Å². The van der Waals surface area contributed by atoms with Crippen LogP contribution in [0.3, 0.4) is 0 Å². The molecular formula is C97H158O16P2. The number of carbonyl (C=O) groups is 3. The molecule has 18 heteroatoms. The number of allylic oxidation sites excluding steroid dienone is 34. The molecule has 0 aliphatic rings. The molecule has 0 spiro atoms. The summed E-state index contributed by atoms with van der Waals surface area (Å²) in [5, 5.41) is 20.7. The van der Waals surface area contributed by atoms with Gasteiger partial charge in [-0.3, -0.25) is 32.5 Å². The molecule has 0 aliphatic carbocycles. The maximum Gasteiger partial charge on any atom is 0.472 e. The highest BCUT2D eigenvalue weighted by Crippen LogP contribution is 2.45. The van der Waals surface area contributed by atoms with Crippen molar-refractivity contribution in [2.75, 3.05) is 39.6 Å². The van der Waals surface area contributed by atoms with Crippen molar-refractivity contribution in [2.45, 2.75) is 347 Å². The SMILES string of the molecule is CC/C=C\C/C=C\C/C=C\C/C=C\C/C=C\C/C=C\CCCCCCCCCCCCCCC(=O)OCC(O)COP(=O)(O)OCC(O)COP(=O)(O)OCC(COC(=O)CCCCCCCCCCCC/C=C\C/C=C\C/C=C\C/C=C\C/C=C\C/C=C\CC)OC(=O)CCCCC/C=C\C/C=C\C/C=C\C/C=C\C/C=C\CC. The van der Waals surface area contributed by atoms with Gasteiger partial charge in [-0.15, -0.1) is 0 Å². The van der Waals surface area contributed by atoms with Gasteiger partial charge in [-0.2, -0.15) is 0 Å². The number of rotatable bonds is 82. The monoisotopic (exact) mass is 1640 g/mol. The largest absolute Gasteiger partial charge is 0.472 e. The molecule has 0 aromatic heterocycles. The van der Waals surface area contributed by atoms with Gasteiger partial charge < -0.3 is 34.2 Å². The Morgan fingerprint density at radius 3 is 0.696 bits per heavy atom. The molecule has 0 fully saturated rings. The molecule has 0 aromatic carbocycles. The normalized spacial score (nSPS) is 14.8. The molecule has 0 radical (unpaired) electrons. The second-order valence-corrected chi connectivity index (χ2v) is 31.8. The molecule has 0 aromatic rings. The molecule has 16 nitrogen and oxygen atoms in total. The minimum Gasteiger partial charge on any atom is -0.463 e. The zero-order valence-corrected chi connectivity index (χ0v) is 73.4. The van der Waals surface area contributed by atoms with Gasteiger partial charge in [0.1, 0.15) is 25.4 Å². The first-order valence-corrected chi connectivity index (χ1v) is 47.4. The molecule has 0 saturated carbocycles. The van der Waals surface area contributed by atoms with E-state index in [1.807, 2.05) is 0 Å². The summed E-state index contributed by atoms with van der Waals surface area (Å²) in [6.07, 6.45) is 117. The molecule has 5 unspecified atom stereocenters. The van der Waals surface area contributed by atoms with Gasteiger partial charge >= 0.3 is 33.6 Å². The topological polar surface area (TPSA) is 231 Å². The average Bonchev–Trinajstić information content (AvgIpc) is 0.896. The molecule has 0 amide bonds. The number of unbranched alkanes of at least 4 members (excludes halogenated alkanes) is 25. The Bertz CT molecular complexity index is 2920. The van der Waals surface area contributed by atoms with Crippen molar-refractivity contribution in [3.63, 3.8) is 0 Å². The number of carbonyl (C=O) groups excluding carboxylic acids is 3. The highest BCUT2D eigenvalue weighted by Gasteiger charge is 2.29. The fourth-order valence-electron chi connectivity index (χ4n) is 11.4. The van der Waals surface area contributed by atoms with E-state index >= 15 is 0 Å². The zero-order valence-electron chi connectivity index (χ0n) is 71.6. The van der Waals surface area contributed by atoms with Crippen LogP contribution >= 0.6 is 15.6 Å². The summed E-state index contributed by atoms with van der Waals surface area (Å²) in [5.41, 5.74) is 0. The molecule has 4 N–H and O–H groups in total. The first-order chi connectivity index (χ1) is 56.2. The predicted octanol–water partition coefficient (Wildman–Crippen LogP) is 27.2. The highest BCUT2D eigenvalue weighted by atomic mass is 31.2. The van der Waals surface area contributed by atoms with Crippen LogP contribution in [0.25, 0.3) is 0 Å². The Hall–Kier alpha value is -5.87. The van der Waals surface area contributed by atoms with Crippen LogP contribution in [0, 0.1) is 0 Å². The van der Waals surface area contributed by atoms with Crippen molar-refractivity contribution >= 4 is 33.6 Å². The summed E-state index contributed by atoms with van der Waals surface area (Å²) in [4.78, 5) is 58.9. The van der Waals surface area contributed by atoms with Gasteiger partial charge in [-0.25, -0.2) is 9.13 Å². The van der Waals surface area contributed by atoms with Crippen molar-refractivity contribution in [3.05, 3.63) is 207 Å². The van der Waals surface area contributed by atoms with Crippen LogP contribution in [0.1, 0.15) is 329 Å². The van der Waals surface area contributed by atoms with Gasteiger partial charge in [0.15, 0.2) is 6.10 Å². The van der Waals surface area contributed by atoms with Gasteiger partial charge in [0, 0.05) is 19.3 Å². The molecule has 0 aliphatic heterocycles. The second kappa shape index (κ2) is 87.4. The molecule has 652 valence electrons. The lowest BCUT2D eigenvalue weighted by Crippen LogP contribution is -2.30. The Labute approximate surface area is 699 Å². The molecule has 5 atom stereocenters. The molecule has 0 rings (SSSR count). The van der Waals surface area contributed by atoms with Crippen LogP contribution in [-0.4, -0.2) is 95.9 Å². The number of aliphatic hydroxyl groups excluding tert-OH is 2. The lowest BCUT2D eigenvalue weighted by Gasteiger charge is -2.21. The van der Waals surface area contributed by atoms with Crippen LogP contribution in [0.5, 0.6) is 0 Å². The summed E-state index contributed by atoms with van der Waals surface area (Å²) in [6.45, 7) is 2.30. The zero-order chi connectivity index (χ0) is 83.6. The Morgan fingerprint density at radius 2 is 0.435 bits per heavy atom. The van der Waals surface area contributed by atoms with E-state index in [1.54, 1.807) is 0 Å². The summed E-state index contributed by atoms with van der Waals surface area (Å²) in [6, 6.07) is 0. The average molecular weight is 1640 g/mol. The van der Waals surface area contributed by atoms with E-state index in [1.165, 1.54) is 83.5 Å². The van der Waals surface area contributed by atoms with Crippen molar-refractivity contribution in [1.82, 2.24) is 0 Å². The van der Waals surface area contributed by atoms with E-state index in [2.05, 4.69) is 227 Å². The molecule has 115 heavy (non-hydrogen) atoms. The fourth-order valence-corrected chi connectivity index (χ4v) is 13.0. The minimum absolute atomic E-state index is 0.0573. The third-order valence-corrected chi connectivity index (χ3v) is 19.9. The van der Waals surface area contributed by atoms with E-state index < -0.39 is 91.5 Å². The summed E-state index contributed by atoms with van der Waals surface area (Å²) >= 11 is 0. The van der Waals surface area contributed by atoms with E-state index in [9.17, 15) is 43.5 Å². The standard InChI is InChI=1S/C97H158O16P2/c1-4-7-10-13-16-19-22-25-28-31-34-36-38-40-42-44-45-47-49-50-52-54-57-59-62-65-68-71-74-77-80-83-95(100)107-86-92(98)87-109-114(103,104)110-88-93(99)89-111-115(105,106)112-91-94(113-97(102)85-82-79-76-73-70-67-64-61-56-33-30-27-24-21-18-15-12-9-6-3)90-108-96(101)84-81-78-75-72-69-66-63-60-58-55-53-51-48-46-43-41-39-37-35-32-29-26-23-20-17-14-11-8-5-2/h7-12,16-21,25-30,34-37,40-43,45,47-48,51,56,61,67,70,92-94,98-99H,4-6,13-15,22-24,31-33,38-39,44,46,49-50,52-55,57-60,62-66,68-69,71-91H2,1-3H3,(H,103,104)(H,105,106)/b10-7-,11-8-,12-9-,19-16-,20-17-,21-18-,28-25-,29-26-,30-27-,36-34-,37-35-,42-40-,43-41-,47-45-,51-48-,61-56-,70-67-. The third-order valence-electron chi connectivity index (χ3n) is 18.0. The first-order valence-electron chi connectivity index (χ1n) is 44.4. The quantitative estimate of drug-likeness (QED) is 0.0146. The number of hydrogen-bond donors (Lipinski definition) is 4. The van der Waals surface area contributed by atoms with Gasteiger partial charge in [0.25, 0.3) is 0 Å². The number of phosphoric ester groups is 2. The number of phosphoric acid groups is 2. The van der Waals surface area contributed by atoms with Gasteiger partial charge in [0.05, 0.1) is 26.4 Å². The Balaban J connectivity index is 4.62. The number of hydrogen-bond acceptors (Lipinski definition) is 14. The first kappa shape index (κ1) is 109. The van der Waals surface area contributed by atoms with Crippen molar-refractivity contribution < 1.29 is 75.8 Å². The van der Waals surface area contributed by atoms with Crippen LogP contribution in [0.2, 0.25) is 0 Å². The van der Waals surface area contributed by atoms with E-state index in [4.69, 9.17) is 32.3 Å². The van der Waals surface area contributed by atoms with E-state index in [0.717, 1.165) is 186 Å². The van der Waals surface area contributed by atoms with Crippen molar-refractivity contribution in [3.8, 4) is 0 Å². The summed E-state index contributed by atoms with van der Waals surface area (Å²) in [5.74, 6) is -1.63. The maximum absolute atomic E-state index is 13.0. The van der Waals surface area contributed by atoms with Crippen molar-refractivity contribution in [1.29, 1.82) is 0 Å². The molecular weight excluding hydrogens is 1480 g/mol. The minimum atomic E-state index is -4.96. The molecule has 0 heterocycles. The summed E-state index contributed by atoms with van der Waals surface area (Å²) < 4.78 is 61.4. The summed E-state index contributed by atoms with van der Waals surface area (Å²) in [7, 11) is -9.83. The lowest BCUT2D eigenvalue weighted by molar-refractivity contribution is -0.161. The molecule has 0 bridgehead atoms. The highest BCUT2D eigenvalue weighted by molar-refractivity contribution is 7.47. The fraction of sp³-hybridized carbons (Fsp3) is 0.619. The second-order valence-electron chi connectivity index (χ2n) is 28.9. The number of aliphatic hydroxyl groups is 2. The van der Waals surface area contributed by atoms with Gasteiger partial charge in [-0.1, -0.05) is 349 Å². The Kier molecular flexibility index (Phi) is 83.0. The van der Waals surface area contributed by atoms with Gasteiger partial charge in [0.2, 0.25) is 0 Å². The smallest absolute Gasteiger partial charge is 0.463 e. The third kappa shape index (κ3) is 88.8. The lowest BCUT2D eigenvalue weighted by atomic mass is 10.0.